The first-order valence-corrected chi connectivity index (χ1v) is 10.2. The SMILES string of the molecule is CCCCCCCCCCCCCCCC(=O)C1=C(O)C(C)OC1=O. The minimum atomic E-state index is -0.682. The van der Waals surface area contributed by atoms with Crippen LogP contribution in [0.5, 0.6) is 0 Å². The monoisotopic (exact) mass is 352 g/mol. The molecule has 4 heteroatoms. The van der Waals surface area contributed by atoms with Crippen molar-refractivity contribution in [1.29, 1.82) is 0 Å². The van der Waals surface area contributed by atoms with E-state index in [1.54, 1.807) is 6.92 Å². The van der Waals surface area contributed by atoms with Gasteiger partial charge in [0.1, 0.15) is 5.57 Å². The molecule has 0 radical (unpaired) electrons. The molecule has 0 saturated heterocycles. The van der Waals surface area contributed by atoms with Crippen molar-refractivity contribution >= 4 is 11.8 Å². The Morgan fingerprint density at radius 3 is 1.72 bits per heavy atom. The topological polar surface area (TPSA) is 63.6 Å². The summed E-state index contributed by atoms with van der Waals surface area (Å²) < 4.78 is 4.84. The molecule has 0 aromatic rings. The Balaban J connectivity index is 1.94. The molecule has 0 aliphatic carbocycles. The van der Waals surface area contributed by atoms with Crippen molar-refractivity contribution < 1.29 is 19.4 Å². The van der Waals surface area contributed by atoms with Gasteiger partial charge in [-0.1, -0.05) is 84.0 Å². The lowest BCUT2D eigenvalue weighted by molar-refractivity contribution is -0.140. The number of carbonyl (C=O) groups is 2. The maximum absolute atomic E-state index is 12.0. The number of rotatable bonds is 15. The minimum Gasteiger partial charge on any atom is -0.507 e. The van der Waals surface area contributed by atoms with E-state index in [9.17, 15) is 14.7 Å². The maximum atomic E-state index is 12.0. The fourth-order valence-electron chi connectivity index (χ4n) is 3.27. The van der Waals surface area contributed by atoms with Gasteiger partial charge in [0.25, 0.3) is 0 Å². The largest absolute Gasteiger partial charge is 0.507 e. The second-order valence-electron chi connectivity index (χ2n) is 7.22. The zero-order valence-corrected chi connectivity index (χ0v) is 16.1. The summed E-state index contributed by atoms with van der Waals surface area (Å²) in [6.45, 7) is 3.82. The fraction of sp³-hybridized carbons (Fsp3) is 0.810. The number of ketones is 1. The zero-order valence-electron chi connectivity index (χ0n) is 16.1. The lowest BCUT2D eigenvalue weighted by Gasteiger charge is -2.03. The van der Waals surface area contributed by atoms with E-state index >= 15 is 0 Å². The predicted octanol–water partition coefficient (Wildman–Crippen LogP) is 5.79. The summed E-state index contributed by atoms with van der Waals surface area (Å²) in [7, 11) is 0. The number of aliphatic hydroxyl groups is 1. The van der Waals surface area contributed by atoms with Crippen molar-refractivity contribution in [3.05, 3.63) is 11.3 Å². The van der Waals surface area contributed by atoms with Crippen LogP contribution < -0.4 is 0 Å². The van der Waals surface area contributed by atoms with Gasteiger partial charge in [0.05, 0.1) is 0 Å². The molecule has 0 saturated carbocycles. The van der Waals surface area contributed by atoms with Gasteiger partial charge in [-0.05, 0) is 13.3 Å². The first-order chi connectivity index (χ1) is 12.1. The molecule has 0 spiro atoms. The number of aliphatic hydroxyl groups excluding tert-OH is 1. The van der Waals surface area contributed by atoms with Crippen molar-refractivity contribution in [1.82, 2.24) is 0 Å². The van der Waals surface area contributed by atoms with Gasteiger partial charge in [0.15, 0.2) is 17.6 Å². The molecule has 1 N–H and O–H groups in total. The van der Waals surface area contributed by atoms with Crippen molar-refractivity contribution in [2.75, 3.05) is 0 Å². The molecular formula is C21H36O4. The number of carbonyl (C=O) groups excluding carboxylic acids is 2. The smallest absolute Gasteiger partial charge is 0.346 e. The third kappa shape index (κ3) is 8.55. The molecule has 1 aliphatic rings. The summed E-state index contributed by atoms with van der Waals surface area (Å²) in [6.07, 6.45) is 15.9. The Morgan fingerprint density at radius 2 is 1.32 bits per heavy atom. The van der Waals surface area contributed by atoms with Gasteiger partial charge < -0.3 is 9.84 Å². The average Bonchev–Trinajstić information content (AvgIpc) is 2.84. The summed E-state index contributed by atoms with van der Waals surface area (Å²) in [5.74, 6) is -1.16. The van der Waals surface area contributed by atoms with Crippen molar-refractivity contribution in [3.8, 4) is 0 Å². The van der Waals surface area contributed by atoms with Crippen molar-refractivity contribution in [3.63, 3.8) is 0 Å². The molecule has 1 atom stereocenters. The Kier molecular flexibility index (Phi) is 11.3. The van der Waals surface area contributed by atoms with E-state index in [4.69, 9.17) is 4.74 Å². The molecular weight excluding hydrogens is 316 g/mol. The summed E-state index contributed by atoms with van der Waals surface area (Å²) in [4.78, 5) is 23.5. The van der Waals surface area contributed by atoms with E-state index in [0.29, 0.717) is 6.42 Å². The highest BCUT2D eigenvalue weighted by Gasteiger charge is 2.35. The summed E-state index contributed by atoms with van der Waals surface area (Å²) in [6, 6.07) is 0. The van der Waals surface area contributed by atoms with E-state index < -0.39 is 12.1 Å². The molecule has 0 aromatic carbocycles. The molecule has 1 heterocycles. The fourth-order valence-corrected chi connectivity index (χ4v) is 3.27. The normalized spacial score (nSPS) is 17.2. The van der Waals surface area contributed by atoms with Crippen LogP contribution >= 0.6 is 0 Å². The van der Waals surface area contributed by atoms with Gasteiger partial charge in [0, 0.05) is 6.42 Å². The predicted molar refractivity (Wildman–Crippen MR) is 101 cm³/mol. The third-order valence-corrected chi connectivity index (χ3v) is 4.92. The van der Waals surface area contributed by atoms with Gasteiger partial charge >= 0.3 is 5.97 Å². The molecule has 1 aliphatic heterocycles. The zero-order chi connectivity index (χ0) is 18.5. The molecule has 25 heavy (non-hydrogen) atoms. The third-order valence-electron chi connectivity index (χ3n) is 4.92. The first kappa shape index (κ1) is 21.7. The van der Waals surface area contributed by atoms with Crippen LogP contribution in [0.15, 0.2) is 11.3 Å². The number of cyclic esters (lactones) is 1. The second-order valence-corrected chi connectivity index (χ2v) is 7.22. The van der Waals surface area contributed by atoms with Gasteiger partial charge in [-0.2, -0.15) is 0 Å². The number of hydrogen-bond donors (Lipinski definition) is 1. The minimum absolute atomic E-state index is 0.133. The average molecular weight is 353 g/mol. The van der Waals surface area contributed by atoms with Crippen LogP contribution in [0.3, 0.4) is 0 Å². The molecule has 1 unspecified atom stereocenters. The number of unbranched alkanes of at least 4 members (excludes halogenated alkanes) is 12. The molecule has 0 bridgehead atoms. The van der Waals surface area contributed by atoms with E-state index in [1.807, 2.05) is 0 Å². The van der Waals surface area contributed by atoms with Crippen LogP contribution in [0.4, 0.5) is 0 Å². The molecule has 1 rings (SSSR count). The number of esters is 1. The first-order valence-electron chi connectivity index (χ1n) is 10.2. The van der Waals surface area contributed by atoms with Gasteiger partial charge in [-0.25, -0.2) is 4.79 Å². The molecule has 0 fully saturated rings. The van der Waals surface area contributed by atoms with E-state index in [2.05, 4.69) is 6.92 Å². The summed E-state index contributed by atoms with van der Waals surface area (Å²) in [5.41, 5.74) is -0.133. The van der Waals surface area contributed by atoms with Crippen LogP contribution in [0.25, 0.3) is 0 Å². The van der Waals surface area contributed by atoms with Crippen molar-refractivity contribution in [2.45, 2.75) is 110 Å². The standard InChI is InChI=1S/C21H36O4/c1-3-4-5-6-7-8-9-10-11-12-13-14-15-16-18(22)19-20(23)17(2)25-21(19)24/h17,23H,3-16H2,1-2H3. The second kappa shape index (κ2) is 13.0. The van der Waals surface area contributed by atoms with Crippen LogP contribution in [-0.2, 0) is 14.3 Å². The summed E-state index contributed by atoms with van der Waals surface area (Å²) in [5, 5.41) is 9.72. The lowest BCUT2D eigenvalue weighted by atomic mass is 10.0. The van der Waals surface area contributed by atoms with Crippen LogP contribution in [0, 0.1) is 0 Å². The van der Waals surface area contributed by atoms with E-state index in [1.165, 1.54) is 64.2 Å². The molecule has 144 valence electrons. The number of ether oxygens (including phenoxy) is 1. The highest BCUT2D eigenvalue weighted by Crippen LogP contribution is 2.23. The van der Waals surface area contributed by atoms with Crippen LogP contribution in [0.1, 0.15) is 104 Å². The Bertz CT molecular complexity index is 439. The number of Topliss-reactive ketones (excluding diaryl/α,β-unsaturated/α-hetero) is 1. The van der Waals surface area contributed by atoms with Crippen LogP contribution in [-0.4, -0.2) is 23.0 Å². The Labute approximate surface area is 153 Å². The highest BCUT2D eigenvalue weighted by atomic mass is 16.6. The van der Waals surface area contributed by atoms with Gasteiger partial charge in [0.2, 0.25) is 0 Å². The van der Waals surface area contributed by atoms with Crippen molar-refractivity contribution in [2.24, 2.45) is 0 Å². The quantitative estimate of drug-likeness (QED) is 0.230. The van der Waals surface area contributed by atoms with E-state index in [0.717, 1.165) is 19.3 Å². The van der Waals surface area contributed by atoms with Gasteiger partial charge in [-0.15, -0.1) is 0 Å². The van der Waals surface area contributed by atoms with E-state index in [-0.39, 0.29) is 17.1 Å². The molecule has 4 nitrogen and oxygen atoms in total. The molecule has 0 amide bonds. The summed E-state index contributed by atoms with van der Waals surface area (Å²) >= 11 is 0. The number of hydrogen-bond acceptors (Lipinski definition) is 4. The lowest BCUT2D eigenvalue weighted by Crippen LogP contribution is -2.11. The highest BCUT2D eigenvalue weighted by molar-refractivity contribution is 6.18. The Morgan fingerprint density at radius 1 is 0.880 bits per heavy atom. The Hall–Kier alpha value is -1.32. The van der Waals surface area contributed by atoms with Gasteiger partial charge in [-0.3, -0.25) is 4.79 Å². The molecule has 0 aromatic heterocycles. The maximum Gasteiger partial charge on any atom is 0.346 e. The van der Waals surface area contributed by atoms with Crippen LogP contribution in [0.2, 0.25) is 0 Å².